The minimum absolute atomic E-state index is 0.0216. The van der Waals surface area contributed by atoms with Crippen LogP contribution in [0.4, 0.5) is 26.3 Å². The van der Waals surface area contributed by atoms with Crippen molar-refractivity contribution in [1.82, 2.24) is 4.98 Å². The Balaban J connectivity index is 0.000000445. The molecule has 0 saturated heterocycles. The largest absolute Gasteiger partial charge is 0.574 e. The van der Waals surface area contributed by atoms with Crippen molar-refractivity contribution in [2.24, 2.45) is 0 Å². The van der Waals surface area contributed by atoms with Gasteiger partial charge in [0, 0.05) is 12.3 Å². The number of aromatic hydroxyl groups is 1. The van der Waals surface area contributed by atoms with Crippen molar-refractivity contribution in [3.05, 3.63) is 151 Å². The van der Waals surface area contributed by atoms with Crippen LogP contribution in [0, 0.1) is 39.0 Å². The predicted octanol–water partition coefficient (Wildman–Crippen LogP) is 17.1. The Labute approximate surface area is 425 Å². The van der Waals surface area contributed by atoms with E-state index in [0.717, 1.165) is 33.4 Å². The molecule has 0 saturated carbocycles. The lowest BCUT2D eigenvalue weighted by atomic mass is 9.85. The molecule has 5 aromatic rings. The lowest BCUT2D eigenvalue weighted by Crippen LogP contribution is -2.19. The molecule has 0 aliphatic carbocycles. The maximum absolute atomic E-state index is 12.5. The summed E-state index contributed by atoms with van der Waals surface area (Å²) < 4.78 is 100. The smallest absolute Gasteiger partial charge is 0.508 e. The van der Waals surface area contributed by atoms with Crippen LogP contribution in [0.2, 0.25) is 5.15 Å². The van der Waals surface area contributed by atoms with Gasteiger partial charge < -0.3 is 9.84 Å². The molecule has 1 heterocycles. The first-order valence-corrected chi connectivity index (χ1v) is 25.2. The maximum Gasteiger partial charge on any atom is 0.574 e. The molecule has 0 bridgehead atoms. The molecule has 1 aromatic heterocycles. The van der Waals surface area contributed by atoms with Gasteiger partial charge >= 0.3 is 12.5 Å². The number of hydrogen-bond acceptors (Lipinski definition) is 6. The number of halogens is 7. The summed E-state index contributed by atoms with van der Waals surface area (Å²) in [5.74, 6) is -0.176. The Bertz CT molecular complexity index is 2670. The van der Waals surface area contributed by atoms with E-state index in [9.17, 15) is 39.9 Å². The third-order valence-electron chi connectivity index (χ3n) is 10.5. The van der Waals surface area contributed by atoms with Crippen LogP contribution >= 0.6 is 11.6 Å². The predicted molar refractivity (Wildman–Crippen MR) is 279 cm³/mol. The summed E-state index contributed by atoms with van der Waals surface area (Å²) in [7, 11) is -3.11. The van der Waals surface area contributed by atoms with Crippen molar-refractivity contribution in [1.29, 1.82) is 5.26 Å². The highest BCUT2D eigenvalue weighted by atomic mass is 35.5. The van der Waals surface area contributed by atoms with Crippen molar-refractivity contribution >= 4 is 21.4 Å². The summed E-state index contributed by atoms with van der Waals surface area (Å²) in [6.07, 6.45) is -7.77. The number of hydrogen-bond donors (Lipinski definition) is 1. The zero-order valence-corrected chi connectivity index (χ0v) is 46.8. The fraction of sp³-hybridized carbons (Fsp3) is 0.474. The van der Waals surface area contributed by atoms with Gasteiger partial charge in [-0.25, -0.2) is 13.4 Å². The van der Waals surface area contributed by atoms with Gasteiger partial charge in [-0.3, -0.25) is 0 Å². The molecule has 5 rings (SSSR count). The minimum atomic E-state index is -4.76. The molecule has 0 unspecified atom stereocenters. The molecule has 0 atom stereocenters. The van der Waals surface area contributed by atoms with Crippen LogP contribution in [0.5, 0.6) is 11.6 Å². The molecule has 0 radical (unpaired) electrons. The van der Waals surface area contributed by atoms with Crippen molar-refractivity contribution in [3.8, 4) is 17.7 Å². The van der Waals surface area contributed by atoms with Gasteiger partial charge in [-0.2, -0.15) is 18.4 Å². The molecule has 1 N–H and O–H groups in total. The van der Waals surface area contributed by atoms with Crippen molar-refractivity contribution < 1.29 is 44.6 Å². The summed E-state index contributed by atoms with van der Waals surface area (Å²) in [6, 6.07) is 26.4. The molecule has 0 aliphatic heterocycles. The Morgan fingerprint density at radius 3 is 1.24 bits per heavy atom. The minimum Gasteiger partial charge on any atom is -0.508 e. The molecule has 0 fully saturated rings. The number of rotatable bonds is 2. The summed E-state index contributed by atoms with van der Waals surface area (Å²) in [5.41, 5.74) is 8.54. The SMILES string of the molecule is CC(C)(C)c1cc(Cl)nc(OC(F)(F)F)c1.Cc1cc(C#N)cc(C(C)(C)C)c1.Cc1cc(C(C)(C)C)cc(C(F)(F)F)c1.Cc1cc(C(C)(C)C)cc(S(C)(=O)=O)c1.Cc1cc(O)cc(C(C)(C)C)c1. The molecule has 0 aliphatic rings. The molecule has 4 aromatic carbocycles. The molecule has 14 heteroatoms. The highest BCUT2D eigenvalue weighted by molar-refractivity contribution is 7.90. The number of aryl methyl sites for hydroxylation is 4. The lowest BCUT2D eigenvalue weighted by Gasteiger charge is -2.21. The molecule has 0 spiro atoms. The van der Waals surface area contributed by atoms with Crippen LogP contribution in [-0.2, 0) is 43.1 Å². The van der Waals surface area contributed by atoms with Crippen LogP contribution in [-0.4, -0.2) is 31.1 Å². The van der Waals surface area contributed by atoms with E-state index in [1.54, 1.807) is 31.2 Å². The second kappa shape index (κ2) is 24.1. The molecule has 71 heavy (non-hydrogen) atoms. The monoisotopic (exact) mass is 1030 g/mol. The number of nitrogens with zero attached hydrogens (tertiary/aromatic N) is 2. The third-order valence-corrected chi connectivity index (χ3v) is 11.8. The van der Waals surface area contributed by atoms with Gasteiger partial charge in [0.1, 0.15) is 10.9 Å². The van der Waals surface area contributed by atoms with Crippen LogP contribution in [0.1, 0.15) is 165 Å². The average molecular weight is 1030 g/mol. The van der Waals surface area contributed by atoms with Gasteiger partial charge in [0.25, 0.3) is 0 Å². The van der Waals surface area contributed by atoms with Gasteiger partial charge in [0.05, 0.1) is 22.1 Å². The maximum atomic E-state index is 12.5. The van der Waals surface area contributed by atoms with E-state index in [0.29, 0.717) is 21.8 Å². The third kappa shape index (κ3) is 23.8. The Kier molecular flexibility index (Phi) is 21.7. The van der Waals surface area contributed by atoms with Gasteiger partial charge in [-0.1, -0.05) is 145 Å². The van der Waals surface area contributed by atoms with Gasteiger partial charge in [-0.15, -0.1) is 13.2 Å². The number of alkyl halides is 6. The van der Waals surface area contributed by atoms with E-state index in [1.165, 1.54) is 41.6 Å². The number of pyridine rings is 1. The average Bonchev–Trinajstić information content (AvgIpc) is 3.14. The van der Waals surface area contributed by atoms with Crippen molar-refractivity contribution in [3.63, 3.8) is 0 Å². The number of benzene rings is 4. The van der Waals surface area contributed by atoms with Crippen molar-refractivity contribution in [2.75, 3.05) is 6.26 Å². The fourth-order valence-corrected chi connectivity index (χ4v) is 7.27. The van der Waals surface area contributed by atoms with Crippen LogP contribution in [0.3, 0.4) is 0 Å². The molecular weight excluding hydrogens is 958 g/mol. The zero-order chi connectivity index (χ0) is 55.7. The van der Waals surface area contributed by atoms with Gasteiger partial charge in [-0.05, 0) is 154 Å². The molecular formula is C57H75ClF6N2O4S. The topological polar surface area (TPSA) is 100 Å². The number of ether oxygens (including phenoxy) is 1. The Morgan fingerprint density at radius 1 is 0.507 bits per heavy atom. The first-order valence-electron chi connectivity index (χ1n) is 22.9. The Hall–Kier alpha value is -5.06. The Morgan fingerprint density at radius 2 is 0.859 bits per heavy atom. The number of phenols is 1. The fourth-order valence-electron chi connectivity index (χ4n) is 6.33. The summed E-state index contributed by atoms with van der Waals surface area (Å²) in [5, 5.41) is 18.1. The highest BCUT2D eigenvalue weighted by Gasteiger charge is 2.33. The van der Waals surface area contributed by atoms with Gasteiger partial charge in [0.2, 0.25) is 5.88 Å². The van der Waals surface area contributed by atoms with E-state index in [-0.39, 0.29) is 32.2 Å². The van der Waals surface area contributed by atoms with E-state index < -0.39 is 33.8 Å². The molecule has 0 amide bonds. The second-order valence-electron chi connectivity index (χ2n) is 23.0. The quantitative estimate of drug-likeness (QED) is 0.140. The first kappa shape index (κ1) is 64.0. The number of sulfone groups is 1. The second-order valence-corrected chi connectivity index (χ2v) is 25.4. The summed E-state index contributed by atoms with van der Waals surface area (Å²) >= 11 is 5.63. The van der Waals surface area contributed by atoms with E-state index in [2.05, 4.69) is 90.2 Å². The van der Waals surface area contributed by atoms with E-state index in [4.69, 9.17) is 16.9 Å². The molecule has 392 valence electrons. The van der Waals surface area contributed by atoms with Crippen molar-refractivity contribution in [2.45, 2.75) is 176 Å². The van der Waals surface area contributed by atoms with E-state index in [1.807, 2.05) is 86.6 Å². The van der Waals surface area contributed by atoms with E-state index >= 15 is 0 Å². The summed E-state index contributed by atoms with van der Waals surface area (Å²) in [6.45, 7) is 38.0. The van der Waals surface area contributed by atoms with Gasteiger partial charge in [0.15, 0.2) is 9.84 Å². The lowest BCUT2D eigenvalue weighted by molar-refractivity contribution is -0.276. The first-order chi connectivity index (χ1) is 31.6. The van der Waals surface area contributed by atoms with Crippen LogP contribution in [0.25, 0.3) is 0 Å². The van der Waals surface area contributed by atoms with Crippen LogP contribution in [0.15, 0.2) is 89.8 Å². The van der Waals surface area contributed by atoms with Crippen LogP contribution < -0.4 is 4.74 Å². The summed E-state index contributed by atoms with van der Waals surface area (Å²) in [4.78, 5) is 3.87. The zero-order valence-electron chi connectivity index (χ0n) is 45.2. The highest BCUT2D eigenvalue weighted by Crippen LogP contribution is 2.35. The number of phenolic OH excluding ortho intramolecular Hbond substituents is 1. The molecule has 6 nitrogen and oxygen atoms in total. The standard InChI is InChI=1S/C12H15F3.C12H15N.C12H18O2S.C11H16O.C10H11ClF3NO/c1-8-5-9(11(2,3)4)7-10(6-8)12(13,14)15;1-9-5-10(8-13)7-11(6-9)12(2,3)4;1-9-6-10(12(2,3)4)8-11(7-9)15(5,13)14;1-8-5-9(11(2,3)4)7-10(12)6-8;1-9(2,3)6-4-7(11)15-8(5-6)16-10(12,13)14/h5-7H,1-4H3;5-7H,1-4H3;6-8H,1-5H3;5-7,12H,1-4H3;4-5H,1-3H3. The number of nitriles is 1. The normalized spacial score (nSPS) is 12.3. The number of aromatic nitrogens is 1.